The molecule has 0 aliphatic carbocycles. The standard InChI is InChI=1S/C12H16BrN3O/c1-16(2)12(14)15-7-9-6-10(13)5-8-3-4-17-11(8)9/h5-6H,3-4,7H2,1-2H3,(H2,14,15). The molecule has 4 nitrogen and oxygen atoms in total. The van der Waals surface area contributed by atoms with Crippen LogP contribution in [0.5, 0.6) is 5.75 Å². The van der Waals surface area contributed by atoms with Crippen molar-refractivity contribution in [3.63, 3.8) is 0 Å². The molecular weight excluding hydrogens is 282 g/mol. The van der Waals surface area contributed by atoms with Crippen molar-refractivity contribution in [2.24, 2.45) is 10.7 Å². The van der Waals surface area contributed by atoms with Crippen LogP contribution < -0.4 is 10.5 Å². The number of rotatable bonds is 2. The van der Waals surface area contributed by atoms with Gasteiger partial charge in [-0.1, -0.05) is 15.9 Å². The number of nitrogens with zero attached hydrogens (tertiary/aromatic N) is 2. The number of hydrogen-bond donors (Lipinski definition) is 1. The summed E-state index contributed by atoms with van der Waals surface area (Å²) in [6.07, 6.45) is 0.967. The third-order valence-corrected chi connectivity index (χ3v) is 3.15. The average molecular weight is 298 g/mol. The number of ether oxygens (including phenoxy) is 1. The summed E-state index contributed by atoms with van der Waals surface area (Å²) in [7, 11) is 3.75. The molecule has 0 amide bonds. The molecule has 92 valence electrons. The van der Waals surface area contributed by atoms with E-state index >= 15 is 0 Å². The maximum absolute atomic E-state index is 5.77. The topological polar surface area (TPSA) is 50.8 Å². The van der Waals surface area contributed by atoms with Crippen molar-refractivity contribution in [3.05, 3.63) is 27.7 Å². The lowest BCUT2D eigenvalue weighted by atomic mass is 10.1. The van der Waals surface area contributed by atoms with E-state index in [1.165, 1.54) is 5.56 Å². The number of fused-ring (bicyclic) bond motifs is 1. The van der Waals surface area contributed by atoms with Crippen molar-refractivity contribution < 1.29 is 4.74 Å². The van der Waals surface area contributed by atoms with Crippen LogP contribution in [0.4, 0.5) is 0 Å². The molecular formula is C12H16BrN3O. The number of aliphatic imine (C=N–C) groups is 1. The van der Waals surface area contributed by atoms with Crippen LogP contribution in [0.2, 0.25) is 0 Å². The number of nitrogens with two attached hydrogens (primary N) is 1. The van der Waals surface area contributed by atoms with Crippen LogP contribution in [0.15, 0.2) is 21.6 Å². The van der Waals surface area contributed by atoms with Crippen molar-refractivity contribution in [3.8, 4) is 5.75 Å². The predicted molar refractivity (Wildman–Crippen MR) is 72.4 cm³/mol. The van der Waals surface area contributed by atoms with E-state index in [0.29, 0.717) is 12.5 Å². The summed E-state index contributed by atoms with van der Waals surface area (Å²) in [6, 6.07) is 4.14. The molecule has 0 spiro atoms. The summed E-state index contributed by atoms with van der Waals surface area (Å²) in [5.74, 6) is 1.50. The zero-order valence-electron chi connectivity index (χ0n) is 10.0. The molecule has 1 heterocycles. The highest BCUT2D eigenvalue weighted by Gasteiger charge is 2.17. The van der Waals surface area contributed by atoms with Crippen molar-refractivity contribution in [2.75, 3.05) is 20.7 Å². The summed E-state index contributed by atoms with van der Waals surface area (Å²) in [6.45, 7) is 1.30. The molecule has 1 aliphatic heterocycles. The highest BCUT2D eigenvalue weighted by Crippen LogP contribution is 2.33. The molecule has 0 unspecified atom stereocenters. The number of halogens is 1. The minimum atomic E-state index is 0.525. The second-order valence-electron chi connectivity index (χ2n) is 4.22. The van der Waals surface area contributed by atoms with Crippen molar-refractivity contribution in [2.45, 2.75) is 13.0 Å². The zero-order chi connectivity index (χ0) is 12.4. The van der Waals surface area contributed by atoms with Gasteiger partial charge in [0.15, 0.2) is 5.96 Å². The predicted octanol–water partition coefficient (Wildman–Crippen LogP) is 1.76. The lowest BCUT2D eigenvalue weighted by Gasteiger charge is -2.11. The summed E-state index contributed by atoms with van der Waals surface area (Å²) < 4.78 is 6.70. The first-order valence-electron chi connectivity index (χ1n) is 5.49. The summed E-state index contributed by atoms with van der Waals surface area (Å²) in [5, 5.41) is 0. The maximum atomic E-state index is 5.77. The van der Waals surface area contributed by atoms with E-state index in [1.54, 1.807) is 4.90 Å². The molecule has 0 bridgehead atoms. The van der Waals surface area contributed by atoms with Gasteiger partial charge in [-0.05, 0) is 17.7 Å². The Kier molecular flexibility index (Phi) is 3.57. The molecule has 2 N–H and O–H groups in total. The molecule has 0 radical (unpaired) electrons. The molecule has 2 rings (SSSR count). The highest BCUT2D eigenvalue weighted by atomic mass is 79.9. The van der Waals surface area contributed by atoms with Crippen LogP contribution in [0.25, 0.3) is 0 Å². The van der Waals surface area contributed by atoms with E-state index < -0.39 is 0 Å². The van der Waals surface area contributed by atoms with Crippen LogP contribution in [0, 0.1) is 0 Å². The second kappa shape index (κ2) is 4.96. The average Bonchev–Trinajstić information content (AvgIpc) is 2.72. The van der Waals surface area contributed by atoms with Gasteiger partial charge in [-0.3, -0.25) is 0 Å². The lowest BCUT2D eigenvalue weighted by Crippen LogP contribution is -2.30. The first kappa shape index (κ1) is 12.2. The van der Waals surface area contributed by atoms with Gasteiger partial charge in [0, 0.05) is 30.6 Å². The van der Waals surface area contributed by atoms with Gasteiger partial charge < -0.3 is 15.4 Å². The van der Waals surface area contributed by atoms with E-state index in [4.69, 9.17) is 10.5 Å². The monoisotopic (exact) mass is 297 g/mol. The van der Waals surface area contributed by atoms with Crippen LogP contribution in [0.3, 0.4) is 0 Å². The third kappa shape index (κ3) is 2.72. The van der Waals surface area contributed by atoms with E-state index in [2.05, 4.69) is 27.0 Å². The fourth-order valence-electron chi connectivity index (χ4n) is 1.77. The van der Waals surface area contributed by atoms with Gasteiger partial charge in [0.1, 0.15) is 5.75 Å². The Labute approximate surface area is 110 Å². The largest absolute Gasteiger partial charge is 0.493 e. The van der Waals surface area contributed by atoms with Gasteiger partial charge in [0.25, 0.3) is 0 Å². The Morgan fingerprint density at radius 3 is 3.00 bits per heavy atom. The molecule has 1 aromatic carbocycles. The molecule has 0 atom stereocenters. The molecule has 1 aromatic rings. The van der Waals surface area contributed by atoms with E-state index in [-0.39, 0.29) is 0 Å². The van der Waals surface area contributed by atoms with Crippen molar-refractivity contribution in [1.82, 2.24) is 4.90 Å². The van der Waals surface area contributed by atoms with Gasteiger partial charge in [-0.25, -0.2) is 4.99 Å². The van der Waals surface area contributed by atoms with Crippen LogP contribution in [-0.2, 0) is 13.0 Å². The third-order valence-electron chi connectivity index (χ3n) is 2.69. The Morgan fingerprint density at radius 1 is 1.53 bits per heavy atom. The summed E-state index contributed by atoms with van der Waals surface area (Å²) in [5.41, 5.74) is 8.09. The van der Waals surface area contributed by atoms with Crippen LogP contribution >= 0.6 is 15.9 Å². The molecule has 0 fully saturated rings. The zero-order valence-corrected chi connectivity index (χ0v) is 11.6. The van der Waals surface area contributed by atoms with Gasteiger partial charge in [0.05, 0.1) is 13.2 Å². The lowest BCUT2D eigenvalue weighted by molar-refractivity contribution is 0.353. The first-order chi connectivity index (χ1) is 8.08. The molecule has 1 aliphatic rings. The molecule has 0 saturated carbocycles. The second-order valence-corrected chi connectivity index (χ2v) is 5.14. The minimum absolute atomic E-state index is 0.525. The first-order valence-corrected chi connectivity index (χ1v) is 6.28. The van der Waals surface area contributed by atoms with Gasteiger partial charge >= 0.3 is 0 Å². The fraction of sp³-hybridized carbons (Fsp3) is 0.417. The number of guanidine groups is 1. The summed E-state index contributed by atoms with van der Waals surface area (Å²) in [4.78, 5) is 6.12. The van der Waals surface area contributed by atoms with E-state index in [9.17, 15) is 0 Å². The van der Waals surface area contributed by atoms with E-state index in [0.717, 1.165) is 28.8 Å². The quantitative estimate of drug-likeness (QED) is 0.668. The smallest absolute Gasteiger partial charge is 0.191 e. The normalized spacial score (nSPS) is 14.4. The Balaban J connectivity index is 2.25. The Bertz CT molecular complexity index is 457. The van der Waals surface area contributed by atoms with Gasteiger partial charge in [0.2, 0.25) is 0 Å². The van der Waals surface area contributed by atoms with Crippen molar-refractivity contribution >= 4 is 21.9 Å². The van der Waals surface area contributed by atoms with Gasteiger partial charge in [-0.15, -0.1) is 0 Å². The van der Waals surface area contributed by atoms with Crippen molar-refractivity contribution in [1.29, 1.82) is 0 Å². The summed E-state index contributed by atoms with van der Waals surface area (Å²) >= 11 is 3.51. The molecule has 0 aromatic heterocycles. The van der Waals surface area contributed by atoms with E-state index in [1.807, 2.05) is 20.2 Å². The van der Waals surface area contributed by atoms with Crippen LogP contribution in [-0.4, -0.2) is 31.6 Å². The highest BCUT2D eigenvalue weighted by molar-refractivity contribution is 9.10. The SMILES string of the molecule is CN(C)C(N)=NCc1cc(Br)cc2c1OCC2. The number of hydrogen-bond acceptors (Lipinski definition) is 2. The van der Waals surface area contributed by atoms with Crippen LogP contribution in [0.1, 0.15) is 11.1 Å². The molecule has 17 heavy (non-hydrogen) atoms. The fourth-order valence-corrected chi connectivity index (χ4v) is 2.32. The van der Waals surface area contributed by atoms with Gasteiger partial charge in [-0.2, -0.15) is 0 Å². The molecule has 0 saturated heterocycles. The Morgan fingerprint density at radius 2 is 2.29 bits per heavy atom. The Hall–Kier alpha value is -1.23. The maximum Gasteiger partial charge on any atom is 0.191 e. The minimum Gasteiger partial charge on any atom is -0.493 e. The molecule has 5 heteroatoms. The number of benzene rings is 1.